The molecule has 5 heteroatoms. The van der Waals surface area contributed by atoms with E-state index in [1.54, 1.807) is 42.7 Å². The van der Waals surface area contributed by atoms with E-state index < -0.39 is 0 Å². The molecule has 0 saturated carbocycles. The van der Waals surface area contributed by atoms with Crippen LogP contribution in [0.4, 0.5) is 5.69 Å². The zero-order valence-corrected chi connectivity index (χ0v) is 13.8. The number of rotatable bonds is 3. The number of amides is 1. The standard InChI is InChI=1S/C21H14N4O/c22-13-15-6-9-17(10-7-15)24-21(26)16-8-11-20-19(12-16)23-14-25(20)18-4-2-1-3-5-18/h1-12,14H,(H,24,26). The summed E-state index contributed by atoms with van der Waals surface area (Å²) in [7, 11) is 0. The average Bonchev–Trinajstić information content (AvgIpc) is 3.12. The van der Waals surface area contributed by atoms with E-state index in [0.29, 0.717) is 16.8 Å². The Labute approximate surface area is 150 Å². The number of hydrogen-bond acceptors (Lipinski definition) is 3. The predicted molar refractivity (Wildman–Crippen MR) is 100 cm³/mol. The van der Waals surface area contributed by atoms with Gasteiger partial charge in [0.15, 0.2) is 0 Å². The topological polar surface area (TPSA) is 70.7 Å². The molecule has 0 spiro atoms. The number of imidazole rings is 1. The van der Waals surface area contributed by atoms with Crippen molar-refractivity contribution >= 4 is 22.6 Å². The van der Waals surface area contributed by atoms with Crippen LogP contribution in [-0.2, 0) is 0 Å². The van der Waals surface area contributed by atoms with Crippen LogP contribution in [0.15, 0.2) is 79.1 Å². The van der Waals surface area contributed by atoms with E-state index >= 15 is 0 Å². The SMILES string of the molecule is N#Cc1ccc(NC(=O)c2ccc3c(c2)ncn3-c2ccccc2)cc1. The Balaban J connectivity index is 1.61. The largest absolute Gasteiger partial charge is 0.322 e. The first-order valence-corrected chi connectivity index (χ1v) is 8.09. The van der Waals surface area contributed by atoms with Crippen molar-refractivity contribution in [3.8, 4) is 11.8 Å². The summed E-state index contributed by atoms with van der Waals surface area (Å²) in [4.78, 5) is 16.9. The molecule has 0 unspecified atom stereocenters. The van der Waals surface area contributed by atoms with E-state index in [9.17, 15) is 4.79 Å². The molecule has 26 heavy (non-hydrogen) atoms. The fourth-order valence-corrected chi connectivity index (χ4v) is 2.78. The van der Waals surface area contributed by atoms with Gasteiger partial charge in [0.2, 0.25) is 0 Å². The number of fused-ring (bicyclic) bond motifs is 1. The fraction of sp³-hybridized carbons (Fsp3) is 0. The van der Waals surface area contributed by atoms with Crippen molar-refractivity contribution < 1.29 is 4.79 Å². The van der Waals surface area contributed by atoms with Crippen LogP contribution in [0.25, 0.3) is 16.7 Å². The number of anilines is 1. The van der Waals surface area contributed by atoms with Gasteiger partial charge in [-0.05, 0) is 54.6 Å². The number of nitrogens with zero attached hydrogens (tertiary/aromatic N) is 3. The second kappa shape index (κ2) is 6.54. The van der Waals surface area contributed by atoms with Crippen LogP contribution in [0.1, 0.15) is 15.9 Å². The summed E-state index contributed by atoms with van der Waals surface area (Å²) in [6, 6.07) is 24.2. The molecule has 0 saturated heterocycles. The fourth-order valence-electron chi connectivity index (χ4n) is 2.78. The van der Waals surface area contributed by atoms with E-state index in [-0.39, 0.29) is 5.91 Å². The molecule has 4 aromatic rings. The first-order valence-electron chi connectivity index (χ1n) is 8.09. The minimum absolute atomic E-state index is 0.217. The summed E-state index contributed by atoms with van der Waals surface area (Å²) in [6.07, 6.45) is 1.75. The Kier molecular flexibility index (Phi) is 3.92. The van der Waals surface area contributed by atoms with Crippen LogP contribution in [0.5, 0.6) is 0 Å². The molecule has 0 radical (unpaired) electrons. The van der Waals surface area contributed by atoms with Crippen molar-refractivity contribution in [2.75, 3.05) is 5.32 Å². The van der Waals surface area contributed by atoms with Gasteiger partial charge in [-0.25, -0.2) is 4.98 Å². The lowest BCUT2D eigenvalue weighted by Gasteiger charge is -2.06. The summed E-state index contributed by atoms with van der Waals surface area (Å²) in [5, 5.41) is 11.7. The molecule has 1 N–H and O–H groups in total. The highest BCUT2D eigenvalue weighted by atomic mass is 16.1. The Morgan fingerprint density at radius 2 is 1.77 bits per heavy atom. The molecule has 0 fully saturated rings. The van der Waals surface area contributed by atoms with Crippen LogP contribution in [0, 0.1) is 11.3 Å². The molecule has 0 bridgehead atoms. The minimum atomic E-state index is -0.217. The lowest BCUT2D eigenvalue weighted by atomic mass is 10.1. The average molecular weight is 338 g/mol. The first kappa shape index (κ1) is 15.6. The summed E-state index contributed by atoms with van der Waals surface area (Å²) in [6.45, 7) is 0. The Morgan fingerprint density at radius 1 is 1.00 bits per heavy atom. The monoisotopic (exact) mass is 338 g/mol. The molecule has 5 nitrogen and oxygen atoms in total. The number of hydrogen-bond donors (Lipinski definition) is 1. The van der Waals surface area contributed by atoms with Crippen molar-refractivity contribution in [2.24, 2.45) is 0 Å². The summed E-state index contributed by atoms with van der Waals surface area (Å²) < 4.78 is 1.98. The van der Waals surface area contributed by atoms with Gasteiger partial charge in [-0.2, -0.15) is 5.26 Å². The van der Waals surface area contributed by atoms with Gasteiger partial charge in [-0.3, -0.25) is 9.36 Å². The number of aromatic nitrogens is 2. The normalized spacial score (nSPS) is 10.4. The lowest BCUT2D eigenvalue weighted by molar-refractivity contribution is 0.102. The van der Waals surface area contributed by atoms with Gasteiger partial charge in [0.1, 0.15) is 6.33 Å². The first-order chi connectivity index (χ1) is 12.7. The van der Waals surface area contributed by atoms with Gasteiger partial charge >= 0.3 is 0 Å². The predicted octanol–water partition coefficient (Wildman–Crippen LogP) is 4.15. The quantitative estimate of drug-likeness (QED) is 0.610. The minimum Gasteiger partial charge on any atom is -0.322 e. The molecular weight excluding hydrogens is 324 g/mol. The van der Waals surface area contributed by atoms with Gasteiger partial charge in [-0.1, -0.05) is 18.2 Å². The highest BCUT2D eigenvalue weighted by Crippen LogP contribution is 2.20. The molecule has 0 aliphatic rings. The van der Waals surface area contributed by atoms with E-state index in [2.05, 4.69) is 16.4 Å². The highest BCUT2D eigenvalue weighted by molar-refractivity contribution is 6.06. The zero-order chi connectivity index (χ0) is 17.9. The molecule has 0 aliphatic heterocycles. The van der Waals surface area contributed by atoms with Gasteiger partial charge in [0, 0.05) is 16.9 Å². The molecule has 0 atom stereocenters. The maximum Gasteiger partial charge on any atom is 0.255 e. The molecule has 124 valence electrons. The Bertz CT molecular complexity index is 1120. The second-order valence-electron chi connectivity index (χ2n) is 5.80. The molecule has 1 aromatic heterocycles. The number of benzene rings is 3. The zero-order valence-electron chi connectivity index (χ0n) is 13.8. The molecule has 3 aromatic carbocycles. The molecular formula is C21H14N4O. The summed E-state index contributed by atoms with van der Waals surface area (Å²) in [5.41, 5.74) is 4.43. The highest BCUT2D eigenvalue weighted by Gasteiger charge is 2.10. The molecule has 1 heterocycles. The third-order valence-electron chi connectivity index (χ3n) is 4.12. The maximum atomic E-state index is 12.5. The number of nitrogens with one attached hydrogen (secondary N) is 1. The van der Waals surface area contributed by atoms with Crippen LogP contribution < -0.4 is 5.32 Å². The smallest absolute Gasteiger partial charge is 0.255 e. The van der Waals surface area contributed by atoms with Crippen molar-refractivity contribution in [3.05, 3.63) is 90.3 Å². The van der Waals surface area contributed by atoms with Crippen molar-refractivity contribution in [2.45, 2.75) is 0 Å². The van der Waals surface area contributed by atoms with E-state index in [1.165, 1.54) is 0 Å². The third kappa shape index (κ3) is 2.92. The van der Waals surface area contributed by atoms with E-state index in [1.807, 2.05) is 41.0 Å². The Morgan fingerprint density at radius 3 is 2.50 bits per heavy atom. The van der Waals surface area contributed by atoms with Gasteiger partial charge in [0.25, 0.3) is 5.91 Å². The molecule has 4 rings (SSSR count). The van der Waals surface area contributed by atoms with Crippen molar-refractivity contribution in [3.63, 3.8) is 0 Å². The van der Waals surface area contributed by atoms with E-state index in [0.717, 1.165) is 16.7 Å². The lowest BCUT2D eigenvalue weighted by Crippen LogP contribution is -2.11. The third-order valence-corrected chi connectivity index (χ3v) is 4.12. The number of carbonyl (C=O) groups excluding carboxylic acids is 1. The van der Waals surface area contributed by atoms with Gasteiger partial charge in [0.05, 0.1) is 22.7 Å². The number of nitriles is 1. The van der Waals surface area contributed by atoms with Crippen LogP contribution in [0.2, 0.25) is 0 Å². The van der Waals surface area contributed by atoms with Crippen molar-refractivity contribution in [1.29, 1.82) is 5.26 Å². The van der Waals surface area contributed by atoms with Crippen LogP contribution in [0.3, 0.4) is 0 Å². The Hall–Kier alpha value is -3.91. The van der Waals surface area contributed by atoms with Crippen LogP contribution in [-0.4, -0.2) is 15.5 Å². The maximum absolute atomic E-state index is 12.5. The summed E-state index contributed by atoms with van der Waals surface area (Å²) in [5.74, 6) is -0.217. The number of para-hydroxylation sites is 1. The molecule has 0 aliphatic carbocycles. The summed E-state index contributed by atoms with van der Waals surface area (Å²) >= 11 is 0. The number of carbonyl (C=O) groups is 1. The van der Waals surface area contributed by atoms with E-state index in [4.69, 9.17) is 5.26 Å². The van der Waals surface area contributed by atoms with Crippen LogP contribution >= 0.6 is 0 Å². The van der Waals surface area contributed by atoms with Gasteiger partial charge < -0.3 is 5.32 Å². The molecule has 1 amide bonds. The van der Waals surface area contributed by atoms with Crippen molar-refractivity contribution in [1.82, 2.24) is 9.55 Å². The second-order valence-corrected chi connectivity index (χ2v) is 5.80. The van der Waals surface area contributed by atoms with Gasteiger partial charge in [-0.15, -0.1) is 0 Å².